The molecule has 1 amide bonds. The van der Waals surface area contributed by atoms with Crippen LogP contribution < -0.4 is 19.1 Å². The number of hydrogen-bond donors (Lipinski definition) is 1. The van der Waals surface area contributed by atoms with E-state index < -0.39 is 11.7 Å². The van der Waals surface area contributed by atoms with Crippen molar-refractivity contribution in [2.24, 2.45) is 0 Å². The highest BCUT2D eigenvalue weighted by atomic mass is 19.4. The molecule has 0 bridgehead atoms. The zero-order valence-corrected chi connectivity index (χ0v) is 26.6. The number of nitrogens with one attached hydrogen (secondary N) is 1. The highest BCUT2D eigenvalue weighted by Gasteiger charge is 2.31. The molecule has 1 saturated heterocycles. The van der Waals surface area contributed by atoms with Crippen molar-refractivity contribution in [2.75, 3.05) is 72.5 Å². The number of rotatable bonds is 11. The molecule has 1 N–H and O–H groups in total. The van der Waals surface area contributed by atoms with Crippen LogP contribution >= 0.6 is 0 Å². The van der Waals surface area contributed by atoms with Gasteiger partial charge in [0.2, 0.25) is 11.7 Å². The number of methoxy groups -OCH3 is 3. The molecular formula is C34H40F3N5O4. The monoisotopic (exact) mass is 639 g/mol. The number of carbonyl (C=O) groups excluding carboxylic acids is 1. The topological polar surface area (TPSA) is 83.2 Å². The molecule has 5 rings (SSSR count). The molecule has 1 fully saturated rings. The van der Waals surface area contributed by atoms with E-state index in [0.717, 1.165) is 73.8 Å². The molecule has 1 unspecified atom stereocenters. The molecule has 1 aromatic heterocycles. The van der Waals surface area contributed by atoms with Crippen molar-refractivity contribution in [3.05, 3.63) is 77.4 Å². The quantitative estimate of drug-likeness (QED) is 0.214. The normalized spacial score (nSPS) is 15.0. The summed E-state index contributed by atoms with van der Waals surface area (Å²) in [6.45, 7) is 4.40. The highest BCUT2D eigenvalue weighted by Crippen LogP contribution is 2.39. The van der Waals surface area contributed by atoms with Gasteiger partial charge in [0.1, 0.15) is 0 Å². The van der Waals surface area contributed by atoms with Gasteiger partial charge in [-0.3, -0.25) is 4.79 Å². The molecule has 0 radical (unpaired) electrons. The van der Waals surface area contributed by atoms with Crippen LogP contribution in [0.5, 0.6) is 17.2 Å². The Morgan fingerprint density at radius 1 is 0.957 bits per heavy atom. The minimum atomic E-state index is -4.43. The number of ether oxygens (including phenoxy) is 3. The Balaban J connectivity index is 1.30. The summed E-state index contributed by atoms with van der Waals surface area (Å²) >= 11 is 0. The summed E-state index contributed by atoms with van der Waals surface area (Å²) in [6.07, 6.45) is -2.82. The minimum Gasteiger partial charge on any atom is -0.493 e. The van der Waals surface area contributed by atoms with Crippen LogP contribution in [0.4, 0.5) is 19.1 Å². The third-order valence-corrected chi connectivity index (χ3v) is 8.52. The Kier molecular flexibility index (Phi) is 10.3. The van der Waals surface area contributed by atoms with Crippen LogP contribution in [0.2, 0.25) is 0 Å². The van der Waals surface area contributed by atoms with Gasteiger partial charge < -0.3 is 33.9 Å². The Hall–Kier alpha value is -4.45. The Labute approximate surface area is 266 Å². The molecule has 12 heteroatoms. The predicted octanol–water partition coefficient (Wildman–Crippen LogP) is 6.07. The van der Waals surface area contributed by atoms with E-state index in [2.05, 4.69) is 14.8 Å². The number of amides is 1. The Morgan fingerprint density at radius 3 is 2.28 bits per heavy atom. The van der Waals surface area contributed by atoms with Gasteiger partial charge >= 0.3 is 6.18 Å². The fourth-order valence-electron chi connectivity index (χ4n) is 5.98. The van der Waals surface area contributed by atoms with Crippen LogP contribution in [0.25, 0.3) is 11.0 Å². The molecule has 2 heterocycles. The number of fused-ring (bicyclic) bond motifs is 1. The molecule has 4 aromatic rings. The summed E-state index contributed by atoms with van der Waals surface area (Å²) in [5, 5.41) is 0. The lowest BCUT2D eigenvalue weighted by Crippen LogP contribution is -2.35. The number of aromatic nitrogens is 2. The first kappa shape index (κ1) is 32.9. The molecule has 246 valence electrons. The second-order valence-corrected chi connectivity index (χ2v) is 11.5. The van der Waals surface area contributed by atoms with Gasteiger partial charge in [0.15, 0.2) is 11.5 Å². The first-order chi connectivity index (χ1) is 22.1. The minimum absolute atomic E-state index is 0.201. The maximum atomic E-state index is 13.6. The number of anilines is 1. The highest BCUT2D eigenvalue weighted by molar-refractivity contribution is 5.95. The molecule has 1 atom stereocenters. The predicted molar refractivity (Wildman–Crippen MR) is 171 cm³/mol. The van der Waals surface area contributed by atoms with Crippen LogP contribution in [0.15, 0.2) is 60.7 Å². The number of likely N-dealkylation sites (N-methyl/N-ethyl adjacent to an activating group) is 1. The van der Waals surface area contributed by atoms with Gasteiger partial charge in [-0.2, -0.15) is 13.2 Å². The van der Waals surface area contributed by atoms with Crippen molar-refractivity contribution >= 4 is 22.9 Å². The van der Waals surface area contributed by atoms with Crippen LogP contribution in [0, 0.1) is 0 Å². The number of imidazole rings is 1. The van der Waals surface area contributed by atoms with Crippen LogP contribution in [0.1, 0.15) is 40.2 Å². The Morgan fingerprint density at radius 2 is 1.65 bits per heavy atom. The largest absolute Gasteiger partial charge is 0.493 e. The van der Waals surface area contributed by atoms with E-state index in [1.54, 1.807) is 24.1 Å². The number of aromatic amines is 1. The van der Waals surface area contributed by atoms with Crippen LogP contribution in [0.3, 0.4) is 0 Å². The summed E-state index contributed by atoms with van der Waals surface area (Å²) in [5.74, 6) is 1.48. The van der Waals surface area contributed by atoms with Gasteiger partial charge in [-0.05, 0) is 67.9 Å². The molecule has 46 heavy (non-hydrogen) atoms. The molecule has 9 nitrogen and oxygen atoms in total. The number of halogens is 3. The fraction of sp³-hybridized carbons (Fsp3) is 0.412. The number of benzene rings is 3. The number of H-pyrrole nitrogens is 1. The average Bonchev–Trinajstić information content (AvgIpc) is 3.36. The SMILES string of the molecule is COc1cc(C(=O)N(C)CC(CCN2CCCN(c3nc4ccccc4[nH]3)CC2)c2ccc(C(F)(F)F)cc2)cc(OC)c1OC. The van der Waals surface area contributed by atoms with Crippen LogP contribution in [-0.4, -0.2) is 93.3 Å². The maximum absolute atomic E-state index is 13.6. The lowest BCUT2D eigenvalue weighted by Gasteiger charge is -2.28. The third-order valence-electron chi connectivity index (χ3n) is 8.52. The van der Waals surface area contributed by atoms with Crippen molar-refractivity contribution in [2.45, 2.75) is 24.9 Å². The van der Waals surface area contributed by atoms with Gasteiger partial charge in [-0.25, -0.2) is 4.98 Å². The molecule has 1 aliphatic rings. The van der Waals surface area contributed by atoms with Crippen molar-refractivity contribution in [1.82, 2.24) is 19.8 Å². The first-order valence-electron chi connectivity index (χ1n) is 15.3. The standard InChI is InChI=1S/C34H40F3N5O4/c1-40(32(43)25-20-29(44-2)31(46-4)30(21-25)45-3)22-24(23-10-12-26(13-11-23)34(35,36)37)14-17-41-15-7-16-42(19-18-41)33-38-27-8-5-6-9-28(27)39-33/h5-6,8-13,20-21,24H,7,14-19,22H2,1-4H3,(H,38,39). The summed E-state index contributed by atoms with van der Waals surface area (Å²) in [7, 11) is 6.15. The number of nitrogens with zero attached hydrogens (tertiary/aromatic N) is 4. The number of para-hydroxylation sites is 2. The van der Waals surface area contributed by atoms with Gasteiger partial charge in [0.05, 0.1) is 37.9 Å². The first-order valence-corrected chi connectivity index (χ1v) is 15.3. The molecule has 0 aliphatic carbocycles. The van der Waals surface area contributed by atoms with Crippen molar-refractivity contribution < 1.29 is 32.2 Å². The lowest BCUT2D eigenvalue weighted by molar-refractivity contribution is -0.137. The van der Waals surface area contributed by atoms with E-state index in [1.807, 2.05) is 24.3 Å². The van der Waals surface area contributed by atoms with E-state index in [4.69, 9.17) is 19.2 Å². The molecule has 0 saturated carbocycles. The van der Waals surface area contributed by atoms with Crippen molar-refractivity contribution in [1.29, 1.82) is 0 Å². The Bertz CT molecular complexity index is 1570. The second kappa shape index (κ2) is 14.3. The number of carbonyl (C=O) groups is 1. The maximum Gasteiger partial charge on any atom is 0.416 e. The van der Waals surface area contributed by atoms with Crippen molar-refractivity contribution in [3.63, 3.8) is 0 Å². The summed E-state index contributed by atoms with van der Waals surface area (Å²) in [6, 6.07) is 16.4. The average molecular weight is 640 g/mol. The third kappa shape index (κ3) is 7.50. The number of hydrogen-bond acceptors (Lipinski definition) is 7. The van der Waals surface area contributed by atoms with Gasteiger partial charge in [-0.15, -0.1) is 0 Å². The smallest absolute Gasteiger partial charge is 0.416 e. The van der Waals surface area contributed by atoms with Crippen molar-refractivity contribution in [3.8, 4) is 17.2 Å². The molecule has 0 spiro atoms. The summed E-state index contributed by atoms with van der Waals surface area (Å²) < 4.78 is 56.3. The van der Waals surface area contributed by atoms with E-state index in [-0.39, 0.29) is 11.8 Å². The molecule has 3 aromatic carbocycles. The van der Waals surface area contributed by atoms with Crippen LogP contribution in [-0.2, 0) is 6.18 Å². The molecular weight excluding hydrogens is 599 g/mol. The fourth-order valence-corrected chi connectivity index (χ4v) is 5.98. The van der Waals surface area contributed by atoms with E-state index in [1.165, 1.54) is 33.5 Å². The lowest BCUT2D eigenvalue weighted by atomic mass is 9.93. The molecule has 1 aliphatic heterocycles. The summed E-state index contributed by atoms with van der Waals surface area (Å²) in [5.41, 5.74) is 2.33. The number of alkyl halides is 3. The van der Waals surface area contributed by atoms with E-state index in [0.29, 0.717) is 35.8 Å². The van der Waals surface area contributed by atoms with Gasteiger partial charge in [-0.1, -0.05) is 24.3 Å². The van der Waals surface area contributed by atoms with E-state index in [9.17, 15) is 18.0 Å². The summed E-state index contributed by atoms with van der Waals surface area (Å²) in [4.78, 5) is 28.0. The van der Waals surface area contributed by atoms with Gasteiger partial charge in [0.25, 0.3) is 5.91 Å². The second-order valence-electron chi connectivity index (χ2n) is 11.5. The van der Waals surface area contributed by atoms with E-state index >= 15 is 0 Å². The zero-order chi connectivity index (χ0) is 32.8. The van der Waals surface area contributed by atoms with Gasteiger partial charge in [0, 0.05) is 44.7 Å². The zero-order valence-electron chi connectivity index (χ0n) is 26.6.